The number of hydrogen-bond acceptors (Lipinski definition) is 2. The number of aromatic carboxylic acids is 1. The summed E-state index contributed by atoms with van der Waals surface area (Å²) < 4.78 is 1.69. The lowest BCUT2D eigenvalue weighted by molar-refractivity contribution is 0.0682. The highest BCUT2D eigenvalue weighted by molar-refractivity contribution is 5.85. The van der Waals surface area contributed by atoms with E-state index in [9.17, 15) is 9.90 Å². The number of fused-ring (bicyclic) bond motifs is 1. The van der Waals surface area contributed by atoms with Gasteiger partial charge in [0.1, 0.15) is 0 Å². The smallest absolute Gasteiger partial charge is 0.372 e. The number of nitrogens with zero attached hydrogens (tertiary/aromatic N) is 2. The van der Waals surface area contributed by atoms with Crippen molar-refractivity contribution in [2.45, 2.75) is 38.0 Å². The van der Waals surface area contributed by atoms with E-state index in [4.69, 9.17) is 0 Å². The molecule has 1 fully saturated rings. The summed E-state index contributed by atoms with van der Waals surface area (Å²) in [5.74, 6) is -0.409. The molecule has 0 aromatic carbocycles. The number of carboxylic acid groups (broad SMARTS) is 1. The summed E-state index contributed by atoms with van der Waals surface area (Å²) in [7, 11) is 0. The molecular weight excluding hydrogens is 228 g/mol. The van der Waals surface area contributed by atoms with Crippen molar-refractivity contribution in [1.82, 2.24) is 9.38 Å². The zero-order valence-corrected chi connectivity index (χ0v) is 10.2. The van der Waals surface area contributed by atoms with E-state index in [1.165, 1.54) is 19.3 Å². The summed E-state index contributed by atoms with van der Waals surface area (Å²) in [5, 5.41) is 9.21. The van der Waals surface area contributed by atoms with Crippen molar-refractivity contribution in [1.29, 1.82) is 0 Å². The molecule has 0 bridgehead atoms. The second kappa shape index (κ2) is 4.44. The van der Waals surface area contributed by atoms with Crippen LogP contribution in [0.3, 0.4) is 0 Å². The maximum Gasteiger partial charge on any atom is 0.372 e. The first-order valence-corrected chi connectivity index (χ1v) is 6.47. The standard InChI is InChI=1S/C14H16N2O2/c17-14(18)13-15-12(10-6-2-1-3-7-10)11-8-4-5-9-16(11)13/h4-5,8-10H,1-3,6-7H2,(H,17,18). The van der Waals surface area contributed by atoms with E-state index in [0.29, 0.717) is 5.92 Å². The fourth-order valence-electron chi connectivity index (χ4n) is 2.89. The number of carboxylic acids is 1. The van der Waals surface area contributed by atoms with E-state index >= 15 is 0 Å². The molecule has 2 aromatic rings. The largest absolute Gasteiger partial charge is 0.475 e. The summed E-state index contributed by atoms with van der Waals surface area (Å²) in [5.41, 5.74) is 1.91. The van der Waals surface area contributed by atoms with Gasteiger partial charge in [-0.2, -0.15) is 0 Å². The third-order valence-electron chi connectivity index (χ3n) is 3.76. The van der Waals surface area contributed by atoms with E-state index in [1.54, 1.807) is 10.6 Å². The van der Waals surface area contributed by atoms with E-state index < -0.39 is 5.97 Å². The number of pyridine rings is 1. The molecule has 2 heterocycles. The molecule has 0 amide bonds. The van der Waals surface area contributed by atoms with Gasteiger partial charge in [-0.05, 0) is 25.0 Å². The minimum absolute atomic E-state index is 0.131. The molecule has 4 heteroatoms. The molecule has 1 saturated carbocycles. The van der Waals surface area contributed by atoms with Gasteiger partial charge in [-0.15, -0.1) is 0 Å². The molecule has 3 rings (SSSR count). The number of carbonyl (C=O) groups is 1. The van der Waals surface area contributed by atoms with Crippen LogP contribution in [-0.4, -0.2) is 20.5 Å². The first-order valence-electron chi connectivity index (χ1n) is 6.47. The van der Waals surface area contributed by atoms with Crippen LogP contribution in [0.5, 0.6) is 0 Å². The highest BCUT2D eigenvalue weighted by Crippen LogP contribution is 2.34. The van der Waals surface area contributed by atoms with Crippen molar-refractivity contribution in [2.75, 3.05) is 0 Å². The SMILES string of the molecule is O=C(O)c1nc(C2CCCCC2)c2ccccn12. The maximum absolute atomic E-state index is 11.2. The Morgan fingerprint density at radius 3 is 2.78 bits per heavy atom. The Morgan fingerprint density at radius 2 is 2.06 bits per heavy atom. The van der Waals surface area contributed by atoms with E-state index in [0.717, 1.165) is 24.1 Å². The van der Waals surface area contributed by atoms with Crippen LogP contribution < -0.4 is 0 Å². The van der Waals surface area contributed by atoms with Gasteiger partial charge in [0.05, 0.1) is 11.2 Å². The Labute approximate surface area is 105 Å². The summed E-state index contributed by atoms with van der Waals surface area (Å²) in [6, 6.07) is 5.74. The van der Waals surface area contributed by atoms with Crippen LogP contribution in [0.25, 0.3) is 5.52 Å². The van der Waals surface area contributed by atoms with E-state index in [2.05, 4.69) is 4.98 Å². The number of hydrogen-bond donors (Lipinski definition) is 1. The molecule has 0 saturated heterocycles. The molecule has 0 radical (unpaired) electrons. The van der Waals surface area contributed by atoms with Gasteiger partial charge in [-0.1, -0.05) is 25.3 Å². The molecule has 4 nitrogen and oxygen atoms in total. The molecule has 94 valence electrons. The fraction of sp³-hybridized carbons (Fsp3) is 0.429. The van der Waals surface area contributed by atoms with Crippen molar-refractivity contribution < 1.29 is 9.90 Å². The van der Waals surface area contributed by atoms with Gasteiger partial charge >= 0.3 is 5.97 Å². The van der Waals surface area contributed by atoms with Crippen LogP contribution in [0.2, 0.25) is 0 Å². The van der Waals surface area contributed by atoms with Gasteiger partial charge in [0.15, 0.2) is 0 Å². The van der Waals surface area contributed by atoms with Crippen LogP contribution in [-0.2, 0) is 0 Å². The van der Waals surface area contributed by atoms with E-state index in [1.807, 2.05) is 18.2 Å². The molecule has 0 atom stereocenters. The first kappa shape index (κ1) is 11.3. The lowest BCUT2D eigenvalue weighted by Crippen LogP contribution is -2.06. The molecule has 1 aliphatic rings. The van der Waals surface area contributed by atoms with Crippen LogP contribution in [0.15, 0.2) is 24.4 Å². The summed E-state index contributed by atoms with van der Waals surface area (Å²) in [6.45, 7) is 0. The van der Waals surface area contributed by atoms with E-state index in [-0.39, 0.29) is 5.82 Å². The zero-order chi connectivity index (χ0) is 12.5. The quantitative estimate of drug-likeness (QED) is 0.883. The van der Waals surface area contributed by atoms with Crippen LogP contribution in [0.4, 0.5) is 0 Å². The van der Waals surface area contributed by atoms with Gasteiger partial charge in [0, 0.05) is 12.1 Å². The molecule has 1 N–H and O–H groups in total. The number of rotatable bonds is 2. The second-order valence-electron chi connectivity index (χ2n) is 4.92. The molecular formula is C14H16N2O2. The monoisotopic (exact) mass is 244 g/mol. The van der Waals surface area contributed by atoms with Crippen molar-refractivity contribution >= 4 is 11.5 Å². The topological polar surface area (TPSA) is 54.6 Å². The number of imidazole rings is 1. The lowest BCUT2D eigenvalue weighted by Gasteiger charge is -2.19. The predicted octanol–water partition coefficient (Wildman–Crippen LogP) is 3.08. The van der Waals surface area contributed by atoms with Gasteiger partial charge in [0.25, 0.3) is 0 Å². The van der Waals surface area contributed by atoms with Gasteiger partial charge in [-0.25, -0.2) is 9.78 Å². The molecule has 18 heavy (non-hydrogen) atoms. The van der Waals surface area contributed by atoms with Crippen molar-refractivity contribution in [3.63, 3.8) is 0 Å². The van der Waals surface area contributed by atoms with Gasteiger partial charge in [0.2, 0.25) is 5.82 Å². The Kier molecular flexibility index (Phi) is 2.78. The Bertz CT molecular complexity index is 582. The van der Waals surface area contributed by atoms with Crippen LogP contribution >= 0.6 is 0 Å². The first-order chi connectivity index (χ1) is 8.77. The predicted molar refractivity (Wildman–Crippen MR) is 68.0 cm³/mol. The third kappa shape index (κ3) is 1.78. The lowest BCUT2D eigenvalue weighted by atomic mass is 9.86. The Balaban J connectivity index is 2.13. The zero-order valence-electron chi connectivity index (χ0n) is 10.2. The average molecular weight is 244 g/mol. The van der Waals surface area contributed by atoms with Crippen molar-refractivity contribution in [2.24, 2.45) is 0 Å². The fourth-order valence-corrected chi connectivity index (χ4v) is 2.89. The molecule has 1 aliphatic carbocycles. The maximum atomic E-state index is 11.2. The molecule has 0 spiro atoms. The average Bonchev–Trinajstić information content (AvgIpc) is 2.79. The molecule has 2 aromatic heterocycles. The highest BCUT2D eigenvalue weighted by atomic mass is 16.4. The van der Waals surface area contributed by atoms with Crippen LogP contribution in [0, 0.1) is 0 Å². The van der Waals surface area contributed by atoms with Crippen molar-refractivity contribution in [3.05, 3.63) is 35.9 Å². The second-order valence-corrected chi connectivity index (χ2v) is 4.92. The Morgan fingerprint density at radius 1 is 1.28 bits per heavy atom. The third-order valence-corrected chi connectivity index (χ3v) is 3.76. The van der Waals surface area contributed by atoms with Crippen LogP contribution in [0.1, 0.15) is 54.3 Å². The van der Waals surface area contributed by atoms with Gasteiger partial charge < -0.3 is 5.11 Å². The highest BCUT2D eigenvalue weighted by Gasteiger charge is 2.23. The molecule has 0 unspecified atom stereocenters. The number of aromatic nitrogens is 2. The summed E-state index contributed by atoms with van der Waals surface area (Å²) in [6.07, 6.45) is 7.76. The minimum atomic E-state index is -0.960. The normalized spacial score (nSPS) is 17.1. The Hall–Kier alpha value is -1.84. The summed E-state index contributed by atoms with van der Waals surface area (Å²) in [4.78, 5) is 15.6. The molecule has 0 aliphatic heterocycles. The van der Waals surface area contributed by atoms with Gasteiger partial charge in [-0.3, -0.25) is 4.40 Å². The summed E-state index contributed by atoms with van der Waals surface area (Å²) >= 11 is 0. The minimum Gasteiger partial charge on any atom is -0.475 e. The van der Waals surface area contributed by atoms with Crippen molar-refractivity contribution in [3.8, 4) is 0 Å².